The number of aromatic carboxylic acids is 1. The zero-order valence-electron chi connectivity index (χ0n) is 11.7. The molecule has 0 radical (unpaired) electrons. The van der Waals surface area contributed by atoms with Crippen LogP contribution in [0.3, 0.4) is 0 Å². The van der Waals surface area contributed by atoms with Crippen LogP contribution in [0.4, 0.5) is 11.5 Å². The third-order valence-electron chi connectivity index (χ3n) is 3.49. The summed E-state index contributed by atoms with van der Waals surface area (Å²) in [5.41, 5.74) is -0.359. The molecule has 8 nitrogen and oxygen atoms in total. The maximum atomic E-state index is 11.1. The van der Waals surface area contributed by atoms with Crippen LogP contribution >= 0.6 is 0 Å². The molecule has 1 aliphatic rings. The van der Waals surface area contributed by atoms with E-state index >= 15 is 0 Å². The fourth-order valence-electron chi connectivity index (χ4n) is 2.56. The van der Waals surface area contributed by atoms with Crippen LogP contribution in [0.5, 0.6) is 0 Å². The van der Waals surface area contributed by atoms with Crippen LogP contribution in [0.25, 0.3) is 0 Å². The van der Waals surface area contributed by atoms with E-state index in [9.17, 15) is 14.9 Å². The van der Waals surface area contributed by atoms with E-state index in [1.165, 1.54) is 6.07 Å². The summed E-state index contributed by atoms with van der Waals surface area (Å²) in [7, 11) is 1.62. The number of rotatable bonds is 5. The smallest absolute Gasteiger partial charge is 0.354 e. The Morgan fingerprint density at radius 2 is 2.38 bits per heavy atom. The second-order valence-corrected chi connectivity index (χ2v) is 5.01. The van der Waals surface area contributed by atoms with Crippen molar-refractivity contribution in [2.45, 2.75) is 12.8 Å². The molecule has 0 bridgehead atoms. The van der Waals surface area contributed by atoms with E-state index in [1.807, 2.05) is 0 Å². The molecule has 0 aromatic carbocycles. The lowest BCUT2D eigenvalue weighted by Crippen LogP contribution is -2.38. The number of anilines is 1. The molecular formula is C13H17N3O5. The first-order chi connectivity index (χ1) is 10.0. The Balaban J connectivity index is 2.33. The van der Waals surface area contributed by atoms with E-state index in [2.05, 4.69) is 4.98 Å². The molecule has 8 heteroatoms. The minimum atomic E-state index is -1.20. The monoisotopic (exact) mass is 295 g/mol. The van der Waals surface area contributed by atoms with Gasteiger partial charge in [0.05, 0.1) is 11.5 Å². The molecule has 0 saturated carbocycles. The highest BCUT2D eigenvalue weighted by Gasteiger charge is 2.28. The summed E-state index contributed by atoms with van der Waals surface area (Å²) in [6, 6.07) is 2.35. The van der Waals surface area contributed by atoms with Crippen LogP contribution < -0.4 is 4.90 Å². The van der Waals surface area contributed by atoms with Crippen LogP contribution in [-0.2, 0) is 4.74 Å². The van der Waals surface area contributed by atoms with Crippen molar-refractivity contribution in [2.75, 3.05) is 31.7 Å². The average molecular weight is 295 g/mol. The number of nitro groups is 1. The van der Waals surface area contributed by atoms with Gasteiger partial charge in [0, 0.05) is 26.3 Å². The molecular weight excluding hydrogens is 278 g/mol. The van der Waals surface area contributed by atoms with Crippen molar-refractivity contribution in [2.24, 2.45) is 5.92 Å². The quantitative estimate of drug-likeness (QED) is 0.648. The normalized spacial score (nSPS) is 18.5. The molecule has 1 fully saturated rings. The van der Waals surface area contributed by atoms with E-state index in [0.29, 0.717) is 19.7 Å². The zero-order chi connectivity index (χ0) is 15.4. The largest absolute Gasteiger partial charge is 0.477 e. The Morgan fingerprint density at radius 3 is 3.00 bits per heavy atom. The summed E-state index contributed by atoms with van der Waals surface area (Å²) in [6.07, 6.45) is 1.85. The molecule has 0 amide bonds. The zero-order valence-corrected chi connectivity index (χ0v) is 11.7. The van der Waals surface area contributed by atoms with Gasteiger partial charge in [0.25, 0.3) is 0 Å². The Bertz CT molecular complexity index is 547. The predicted octanol–water partition coefficient (Wildman–Crippen LogP) is 1.55. The maximum absolute atomic E-state index is 11.1. The van der Waals surface area contributed by atoms with Crippen LogP contribution in [0.1, 0.15) is 23.3 Å². The number of hydrogen-bond acceptors (Lipinski definition) is 6. The fourth-order valence-corrected chi connectivity index (χ4v) is 2.56. The van der Waals surface area contributed by atoms with Gasteiger partial charge in [0.2, 0.25) is 5.82 Å². The van der Waals surface area contributed by atoms with Gasteiger partial charge in [-0.05, 0) is 24.8 Å². The van der Waals surface area contributed by atoms with E-state index < -0.39 is 10.9 Å². The first-order valence-corrected chi connectivity index (χ1v) is 6.65. The highest BCUT2D eigenvalue weighted by atomic mass is 16.6. The van der Waals surface area contributed by atoms with Gasteiger partial charge < -0.3 is 14.7 Å². The summed E-state index contributed by atoms with van der Waals surface area (Å²) in [6.45, 7) is 1.77. The lowest BCUT2D eigenvalue weighted by molar-refractivity contribution is -0.384. The van der Waals surface area contributed by atoms with Crippen LogP contribution in [0, 0.1) is 16.0 Å². The molecule has 0 aliphatic carbocycles. The third kappa shape index (κ3) is 3.46. The standard InChI is InChI=1S/C13H17N3O5/c1-21-8-9-3-2-6-15(7-9)12-11(16(19)20)5-4-10(14-12)13(17)18/h4-5,9H,2-3,6-8H2,1H3,(H,17,18). The number of aromatic nitrogens is 1. The molecule has 0 spiro atoms. The number of piperidine rings is 1. The Hall–Kier alpha value is -2.22. The van der Waals surface area contributed by atoms with Crippen molar-refractivity contribution < 1.29 is 19.6 Å². The highest BCUT2D eigenvalue weighted by Crippen LogP contribution is 2.30. The molecule has 1 aliphatic heterocycles. The topological polar surface area (TPSA) is 106 Å². The molecule has 1 aromatic heterocycles. The van der Waals surface area contributed by atoms with Gasteiger partial charge in [0.15, 0.2) is 5.69 Å². The second kappa shape index (κ2) is 6.49. The minimum absolute atomic E-state index is 0.126. The number of hydrogen-bond donors (Lipinski definition) is 1. The van der Waals surface area contributed by atoms with Gasteiger partial charge in [0.1, 0.15) is 0 Å². The Kier molecular flexibility index (Phi) is 4.69. The molecule has 21 heavy (non-hydrogen) atoms. The van der Waals surface area contributed by atoms with Gasteiger partial charge in [-0.3, -0.25) is 10.1 Å². The van der Waals surface area contributed by atoms with Crippen LogP contribution in [0.15, 0.2) is 12.1 Å². The summed E-state index contributed by atoms with van der Waals surface area (Å²) in [4.78, 5) is 27.3. The van der Waals surface area contributed by atoms with Crippen molar-refractivity contribution in [3.05, 3.63) is 27.9 Å². The third-order valence-corrected chi connectivity index (χ3v) is 3.49. The molecule has 1 saturated heterocycles. The minimum Gasteiger partial charge on any atom is -0.477 e. The van der Waals surface area contributed by atoms with Gasteiger partial charge >= 0.3 is 11.7 Å². The summed E-state index contributed by atoms with van der Waals surface area (Å²) >= 11 is 0. The van der Waals surface area contributed by atoms with Crippen molar-refractivity contribution in [3.8, 4) is 0 Å². The lowest BCUT2D eigenvalue weighted by Gasteiger charge is -2.32. The predicted molar refractivity (Wildman–Crippen MR) is 74.7 cm³/mol. The first kappa shape index (κ1) is 15.2. The van der Waals surface area contributed by atoms with Crippen molar-refractivity contribution in [1.82, 2.24) is 4.98 Å². The van der Waals surface area contributed by atoms with E-state index in [4.69, 9.17) is 9.84 Å². The average Bonchev–Trinajstić information content (AvgIpc) is 2.47. The number of carboxylic acids is 1. The molecule has 114 valence electrons. The lowest BCUT2D eigenvalue weighted by atomic mass is 9.99. The Morgan fingerprint density at radius 1 is 1.62 bits per heavy atom. The molecule has 1 aromatic rings. The fraction of sp³-hybridized carbons (Fsp3) is 0.538. The molecule has 1 unspecified atom stereocenters. The van der Waals surface area contributed by atoms with Gasteiger partial charge in [-0.15, -0.1) is 0 Å². The number of carboxylic acid groups (broad SMARTS) is 1. The number of nitrogens with zero attached hydrogens (tertiary/aromatic N) is 3. The maximum Gasteiger partial charge on any atom is 0.354 e. The van der Waals surface area contributed by atoms with Crippen molar-refractivity contribution >= 4 is 17.5 Å². The number of carbonyl (C=O) groups is 1. The summed E-state index contributed by atoms with van der Waals surface area (Å²) in [5.74, 6) is -0.809. The van der Waals surface area contributed by atoms with E-state index in [0.717, 1.165) is 18.9 Å². The van der Waals surface area contributed by atoms with Crippen LogP contribution in [0.2, 0.25) is 0 Å². The number of pyridine rings is 1. The van der Waals surface area contributed by atoms with Crippen molar-refractivity contribution in [1.29, 1.82) is 0 Å². The van der Waals surface area contributed by atoms with E-state index in [-0.39, 0.29) is 23.1 Å². The highest BCUT2D eigenvalue weighted by molar-refractivity contribution is 5.86. The molecule has 1 N–H and O–H groups in total. The van der Waals surface area contributed by atoms with E-state index in [1.54, 1.807) is 12.0 Å². The van der Waals surface area contributed by atoms with Gasteiger partial charge in [-0.1, -0.05) is 0 Å². The number of ether oxygens (including phenoxy) is 1. The number of methoxy groups -OCH3 is 1. The summed E-state index contributed by atoms with van der Waals surface area (Å²) < 4.78 is 5.13. The first-order valence-electron chi connectivity index (χ1n) is 6.65. The van der Waals surface area contributed by atoms with Crippen molar-refractivity contribution in [3.63, 3.8) is 0 Å². The van der Waals surface area contributed by atoms with Gasteiger partial charge in [-0.25, -0.2) is 9.78 Å². The molecule has 1 atom stereocenters. The molecule has 2 heterocycles. The SMILES string of the molecule is COCC1CCCN(c2nc(C(=O)O)ccc2[N+](=O)[O-])C1. The second-order valence-electron chi connectivity index (χ2n) is 5.01. The summed E-state index contributed by atoms with van der Waals surface area (Å²) in [5, 5.41) is 20.1. The van der Waals surface area contributed by atoms with Gasteiger partial charge in [-0.2, -0.15) is 0 Å². The molecule has 2 rings (SSSR count). The Labute approximate surface area is 121 Å². The van der Waals surface area contributed by atoms with Crippen LogP contribution in [-0.4, -0.2) is 47.8 Å².